The number of non-ortho nitro benzene ring substituents is 1. The third-order valence-electron chi connectivity index (χ3n) is 2.77. The average molecular weight is 285 g/mol. The fourth-order valence-electron chi connectivity index (χ4n) is 1.79. The zero-order valence-electron chi connectivity index (χ0n) is 10.8. The molecule has 0 aliphatic carbocycles. The lowest BCUT2D eigenvalue weighted by Gasteiger charge is -2.18. The maximum Gasteiger partial charge on any atom is 0.271 e. The number of amidine groups is 1. The Morgan fingerprint density at radius 3 is 2.90 bits per heavy atom. The van der Waals surface area contributed by atoms with Gasteiger partial charge < -0.3 is 4.74 Å². The largest absolute Gasteiger partial charge is 0.483 e. The van der Waals surface area contributed by atoms with Crippen molar-refractivity contribution in [3.8, 4) is 5.75 Å². The van der Waals surface area contributed by atoms with Gasteiger partial charge in [0.2, 0.25) is 0 Å². The highest BCUT2D eigenvalue weighted by Gasteiger charge is 2.16. The molecule has 3 rings (SSSR count). The van der Waals surface area contributed by atoms with E-state index in [-0.39, 0.29) is 12.3 Å². The van der Waals surface area contributed by atoms with Crippen molar-refractivity contribution < 1.29 is 9.66 Å². The second-order valence-corrected chi connectivity index (χ2v) is 4.22. The zero-order chi connectivity index (χ0) is 14.7. The molecular weight excluding hydrogens is 274 g/mol. The first-order valence-electron chi connectivity index (χ1n) is 6.14. The molecule has 2 N–H and O–H groups in total. The molecule has 0 atom stereocenters. The van der Waals surface area contributed by atoms with Crippen molar-refractivity contribution in [1.82, 2.24) is 10.4 Å². The lowest BCUT2D eigenvalue weighted by Crippen LogP contribution is -2.35. The van der Waals surface area contributed by atoms with Crippen LogP contribution in [0.1, 0.15) is 0 Å². The van der Waals surface area contributed by atoms with E-state index >= 15 is 0 Å². The number of hydrazine groups is 1. The summed E-state index contributed by atoms with van der Waals surface area (Å²) in [6.45, 7) is 0.241. The van der Waals surface area contributed by atoms with Crippen molar-refractivity contribution in [2.45, 2.75) is 0 Å². The van der Waals surface area contributed by atoms with E-state index in [4.69, 9.17) is 4.74 Å². The molecule has 106 valence electrons. The van der Waals surface area contributed by atoms with Crippen LogP contribution in [0.2, 0.25) is 0 Å². The molecule has 8 heteroatoms. The summed E-state index contributed by atoms with van der Waals surface area (Å²) in [6, 6.07) is 9.74. The van der Waals surface area contributed by atoms with Crippen LogP contribution < -0.4 is 15.6 Å². The topological polar surface area (TPSA) is 102 Å². The van der Waals surface area contributed by atoms with Crippen LogP contribution in [0.25, 0.3) is 0 Å². The van der Waals surface area contributed by atoms with E-state index in [1.165, 1.54) is 12.1 Å². The molecule has 21 heavy (non-hydrogen) atoms. The van der Waals surface area contributed by atoms with Gasteiger partial charge in [-0.25, -0.2) is 9.98 Å². The van der Waals surface area contributed by atoms with Crippen LogP contribution in [-0.4, -0.2) is 22.3 Å². The van der Waals surface area contributed by atoms with Gasteiger partial charge in [0.1, 0.15) is 23.9 Å². The second-order valence-electron chi connectivity index (χ2n) is 4.22. The van der Waals surface area contributed by atoms with E-state index < -0.39 is 4.92 Å². The number of nitrogens with one attached hydrogen (secondary N) is 2. The normalized spacial score (nSPS) is 12.7. The quantitative estimate of drug-likeness (QED) is 0.661. The first kappa shape index (κ1) is 12.9. The molecule has 8 nitrogen and oxygen atoms in total. The number of nitro benzene ring substituents is 1. The number of anilines is 1. The van der Waals surface area contributed by atoms with Crippen molar-refractivity contribution in [3.63, 3.8) is 0 Å². The van der Waals surface area contributed by atoms with Crippen molar-refractivity contribution in [2.75, 3.05) is 12.0 Å². The van der Waals surface area contributed by atoms with Gasteiger partial charge in [-0.15, -0.1) is 0 Å². The van der Waals surface area contributed by atoms with Crippen LogP contribution in [0.5, 0.6) is 5.75 Å². The molecule has 0 radical (unpaired) electrons. The summed E-state index contributed by atoms with van der Waals surface area (Å²) in [5, 5.41) is 10.8. The standard InChI is InChI=1S/C13H11N5O3/c19-18(20)9-4-5-11-10(7-9)15-13(8-21-11)17-16-12-3-1-2-6-14-12/h1-7H,8H2,(H,14,16)(H,15,17). The Morgan fingerprint density at radius 1 is 1.24 bits per heavy atom. The van der Waals surface area contributed by atoms with Crippen LogP contribution in [0.4, 0.5) is 17.2 Å². The van der Waals surface area contributed by atoms with Crippen molar-refractivity contribution in [2.24, 2.45) is 4.99 Å². The first-order valence-corrected chi connectivity index (χ1v) is 6.14. The average Bonchev–Trinajstić information content (AvgIpc) is 2.53. The van der Waals surface area contributed by atoms with Gasteiger partial charge in [-0.05, 0) is 18.2 Å². The van der Waals surface area contributed by atoms with Gasteiger partial charge in [0.05, 0.1) is 4.92 Å². The number of pyridine rings is 1. The highest BCUT2D eigenvalue weighted by atomic mass is 16.6. The molecule has 0 saturated heterocycles. The van der Waals surface area contributed by atoms with Crippen LogP contribution in [0, 0.1) is 10.1 Å². The number of nitrogens with zero attached hydrogens (tertiary/aromatic N) is 3. The number of hydrogen-bond acceptors (Lipinski definition) is 7. The number of ether oxygens (including phenoxy) is 1. The smallest absolute Gasteiger partial charge is 0.271 e. The minimum Gasteiger partial charge on any atom is -0.483 e. The number of aromatic nitrogens is 1. The van der Waals surface area contributed by atoms with Crippen molar-refractivity contribution >= 4 is 23.0 Å². The Morgan fingerprint density at radius 2 is 2.14 bits per heavy atom. The van der Waals surface area contributed by atoms with Crippen LogP contribution in [0.3, 0.4) is 0 Å². The second kappa shape index (κ2) is 5.45. The van der Waals surface area contributed by atoms with Gasteiger partial charge in [0, 0.05) is 18.3 Å². The molecular formula is C13H11N5O3. The van der Waals surface area contributed by atoms with E-state index in [1.807, 2.05) is 12.1 Å². The molecule has 2 heterocycles. The zero-order valence-corrected chi connectivity index (χ0v) is 10.8. The number of hydrogen-bond donors (Lipinski definition) is 2. The molecule has 1 aromatic carbocycles. The third-order valence-corrected chi connectivity index (χ3v) is 2.77. The molecule has 0 saturated carbocycles. The van der Waals surface area contributed by atoms with Gasteiger partial charge in [0.15, 0.2) is 5.84 Å². The molecule has 1 aliphatic heterocycles. The van der Waals surface area contributed by atoms with E-state index in [2.05, 4.69) is 20.8 Å². The van der Waals surface area contributed by atoms with E-state index in [0.717, 1.165) is 0 Å². The van der Waals surface area contributed by atoms with Gasteiger partial charge in [-0.3, -0.25) is 21.0 Å². The number of aliphatic imine (C=N–C) groups is 1. The Bertz CT molecular complexity index is 702. The van der Waals surface area contributed by atoms with Crippen molar-refractivity contribution in [1.29, 1.82) is 0 Å². The summed E-state index contributed by atoms with van der Waals surface area (Å²) >= 11 is 0. The van der Waals surface area contributed by atoms with Gasteiger partial charge in [0.25, 0.3) is 5.69 Å². The lowest BCUT2D eigenvalue weighted by molar-refractivity contribution is -0.384. The number of fused-ring (bicyclic) bond motifs is 1. The van der Waals surface area contributed by atoms with Crippen LogP contribution in [-0.2, 0) is 0 Å². The summed E-state index contributed by atoms with van der Waals surface area (Å²) in [5.74, 6) is 1.66. The maximum atomic E-state index is 10.8. The SMILES string of the molecule is O=[N+]([O-])c1ccc2c(c1)N=C(NNc1ccccn1)CO2. The molecule has 1 aromatic heterocycles. The molecule has 1 aliphatic rings. The molecule has 0 amide bonds. The number of nitro groups is 1. The van der Waals surface area contributed by atoms with Crippen molar-refractivity contribution in [3.05, 3.63) is 52.7 Å². The maximum absolute atomic E-state index is 10.8. The van der Waals surface area contributed by atoms with E-state index in [9.17, 15) is 10.1 Å². The summed E-state index contributed by atoms with van der Waals surface area (Å²) in [5.41, 5.74) is 6.14. The Kier molecular flexibility index (Phi) is 3.34. The van der Waals surface area contributed by atoms with E-state index in [0.29, 0.717) is 23.1 Å². The fourth-order valence-corrected chi connectivity index (χ4v) is 1.79. The highest BCUT2D eigenvalue weighted by molar-refractivity contribution is 5.89. The minimum absolute atomic E-state index is 0.0277. The molecule has 0 spiro atoms. The predicted molar refractivity (Wildman–Crippen MR) is 76.7 cm³/mol. The summed E-state index contributed by atoms with van der Waals surface area (Å²) in [4.78, 5) is 18.7. The van der Waals surface area contributed by atoms with Gasteiger partial charge >= 0.3 is 0 Å². The summed E-state index contributed by atoms with van der Waals surface area (Å²) in [7, 11) is 0. The molecule has 0 bridgehead atoms. The summed E-state index contributed by atoms with van der Waals surface area (Å²) < 4.78 is 5.48. The van der Waals surface area contributed by atoms with Gasteiger partial charge in [-0.2, -0.15) is 0 Å². The third kappa shape index (κ3) is 2.89. The summed E-state index contributed by atoms with van der Waals surface area (Å²) in [6.07, 6.45) is 1.65. The number of rotatable bonds is 3. The van der Waals surface area contributed by atoms with Crippen LogP contribution in [0.15, 0.2) is 47.6 Å². The minimum atomic E-state index is -0.469. The Balaban J connectivity index is 1.76. The molecule has 0 fully saturated rings. The molecule has 0 unspecified atom stereocenters. The Labute approximate surface area is 119 Å². The highest BCUT2D eigenvalue weighted by Crippen LogP contribution is 2.33. The first-order chi connectivity index (χ1) is 10.2. The van der Waals surface area contributed by atoms with Gasteiger partial charge in [-0.1, -0.05) is 6.07 Å². The lowest BCUT2D eigenvalue weighted by atomic mass is 10.2. The molecule has 2 aromatic rings. The van der Waals surface area contributed by atoms with Crippen LogP contribution >= 0.6 is 0 Å². The predicted octanol–water partition coefficient (Wildman–Crippen LogP) is 2.03. The monoisotopic (exact) mass is 285 g/mol. The fraction of sp³-hybridized carbons (Fsp3) is 0.0769. The number of benzene rings is 1. The Hall–Kier alpha value is -3.16. The van der Waals surface area contributed by atoms with E-state index in [1.54, 1.807) is 18.3 Å².